The van der Waals surface area contributed by atoms with Crippen LogP contribution in [0.2, 0.25) is 0 Å². The topological polar surface area (TPSA) is 104 Å². The van der Waals surface area contributed by atoms with E-state index in [4.69, 9.17) is 9.47 Å². The number of piperazine rings is 1. The maximum Gasteiger partial charge on any atom is 0.333 e. The number of aliphatic hydroxyl groups excluding tert-OH is 1. The highest BCUT2D eigenvalue weighted by Gasteiger charge is 2.26. The van der Waals surface area contributed by atoms with Crippen molar-refractivity contribution in [1.82, 2.24) is 20.1 Å². The lowest BCUT2D eigenvalue weighted by Crippen LogP contribution is -2.51. The van der Waals surface area contributed by atoms with Crippen LogP contribution < -0.4 is 10.1 Å². The summed E-state index contributed by atoms with van der Waals surface area (Å²) in [6.45, 7) is 7.25. The molecule has 11 heteroatoms. The smallest absolute Gasteiger partial charge is 0.333 e. The highest BCUT2D eigenvalue weighted by atomic mass is 32.1. The molecule has 0 spiro atoms. The Kier molecular flexibility index (Phi) is 9.62. The predicted molar refractivity (Wildman–Crippen MR) is 143 cm³/mol. The van der Waals surface area contributed by atoms with Crippen molar-refractivity contribution < 1.29 is 28.6 Å². The molecule has 2 heterocycles. The zero-order valence-electron chi connectivity index (χ0n) is 21.6. The average Bonchev–Trinajstić information content (AvgIpc) is 3.27. The molecule has 204 valence electrons. The first-order valence-electron chi connectivity index (χ1n) is 12.6. The standard InChI is InChI=1S/C27H33FN4O5S/c1-3-36-27(35)26(19-4-6-20(28)7-5-19)30-25(34)16-32-12-10-31(11-13-32)15-21(33)17-37-22-8-9-24-23(14-22)29-18(2)38-24/h4-9,14,21,26,33H,3,10-13,15-17H2,1-2H3,(H,30,34). The number of aromatic nitrogens is 1. The summed E-state index contributed by atoms with van der Waals surface area (Å²) in [4.78, 5) is 33.7. The van der Waals surface area contributed by atoms with Crippen molar-refractivity contribution in [3.63, 3.8) is 0 Å². The van der Waals surface area contributed by atoms with Crippen LogP contribution in [0, 0.1) is 12.7 Å². The number of carbonyl (C=O) groups excluding carboxylic acids is 2. The van der Waals surface area contributed by atoms with Crippen LogP contribution >= 0.6 is 11.3 Å². The van der Waals surface area contributed by atoms with Gasteiger partial charge in [0, 0.05) is 38.8 Å². The number of ether oxygens (including phenoxy) is 2. The second-order valence-corrected chi connectivity index (χ2v) is 10.4. The summed E-state index contributed by atoms with van der Waals surface area (Å²) < 4.78 is 25.3. The lowest BCUT2D eigenvalue weighted by molar-refractivity contribution is -0.147. The molecule has 1 aliphatic heterocycles. The Balaban J connectivity index is 1.20. The summed E-state index contributed by atoms with van der Waals surface area (Å²) in [5, 5.41) is 14.2. The van der Waals surface area contributed by atoms with Gasteiger partial charge in [-0.25, -0.2) is 14.2 Å². The van der Waals surface area contributed by atoms with Gasteiger partial charge in [0.25, 0.3) is 0 Å². The second kappa shape index (κ2) is 13.1. The molecular formula is C27H33FN4O5S. The lowest BCUT2D eigenvalue weighted by Gasteiger charge is -2.35. The number of amides is 1. The van der Waals surface area contributed by atoms with E-state index in [1.807, 2.05) is 30.0 Å². The lowest BCUT2D eigenvalue weighted by atomic mass is 10.1. The highest BCUT2D eigenvalue weighted by Crippen LogP contribution is 2.25. The number of esters is 1. The molecule has 4 rings (SSSR count). The van der Waals surface area contributed by atoms with Crippen LogP contribution in [-0.2, 0) is 14.3 Å². The Morgan fingerprint density at radius 3 is 2.55 bits per heavy atom. The molecule has 38 heavy (non-hydrogen) atoms. The van der Waals surface area contributed by atoms with Crippen LogP contribution in [0.15, 0.2) is 42.5 Å². The number of hydrogen-bond acceptors (Lipinski definition) is 9. The number of nitrogens with zero attached hydrogens (tertiary/aromatic N) is 3. The van der Waals surface area contributed by atoms with E-state index < -0.39 is 23.9 Å². The van der Waals surface area contributed by atoms with Crippen LogP contribution in [0.1, 0.15) is 23.5 Å². The van der Waals surface area contributed by atoms with E-state index >= 15 is 0 Å². The van der Waals surface area contributed by atoms with Crippen LogP contribution in [0.25, 0.3) is 10.2 Å². The van der Waals surface area contributed by atoms with Gasteiger partial charge in [-0.15, -0.1) is 11.3 Å². The molecule has 1 aliphatic rings. The molecule has 2 unspecified atom stereocenters. The quantitative estimate of drug-likeness (QED) is 0.355. The van der Waals surface area contributed by atoms with Gasteiger partial charge < -0.3 is 19.9 Å². The molecule has 0 saturated carbocycles. The van der Waals surface area contributed by atoms with E-state index in [-0.39, 0.29) is 25.7 Å². The monoisotopic (exact) mass is 544 g/mol. The number of β-amino-alcohol motifs (C(OH)–C–C–N with tert-alkyl or cyclic N) is 1. The van der Waals surface area contributed by atoms with Crippen LogP contribution in [0.5, 0.6) is 5.75 Å². The van der Waals surface area contributed by atoms with E-state index in [0.717, 1.165) is 15.2 Å². The van der Waals surface area contributed by atoms with Gasteiger partial charge in [-0.2, -0.15) is 0 Å². The molecule has 3 aromatic rings. The van der Waals surface area contributed by atoms with Gasteiger partial charge >= 0.3 is 5.97 Å². The van der Waals surface area contributed by atoms with Gasteiger partial charge in [0.2, 0.25) is 5.91 Å². The summed E-state index contributed by atoms with van der Waals surface area (Å²) in [7, 11) is 0. The fraction of sp³-hybridized carbons (Fsp3) is 0.444. The maximum atomic E-state index is 13.3. The number of benzene rings is 2. The number of fused-ring (bicyclic) bond motifs is 1. The van der Waals surface area contributed by atoms with E-state index in [1.54, 1.807) is 18.3 Å². The minimum atomic E-state index is -1.00. The van der Waals surface area contributed by atoms with Gasteiger partial charge in [-0.3, -0.25) is 14.6 Å². The normalized spacial score (nSPS) is 16.2. The van der Waals surface area contributed by atoms with E-state index in [0.29, 0.717) is 44.0 Å². The van der Waals surface area contributed by atoms with Crippen molar-refractivity contribution in [2.24, 2.45) is 0 Å². The number of nitrogens with one attached hydrogen (secondary N) is 1. The van der Waals surface area contributed by atoms with E-state index in [9.17, 15) is 19.1 Å². The second-order valence-electron chi connectivity index (χ2n) is 9.21. The highest BCUT2D eigenvalue weighted by molar-refractivity contribution is 7.18. The molecule has 1 fully saturated rings. The predicted octanol–water partition coefficient (Wildman–Crippen LogP) is 2.52. The minimum Gasteiger partial charge on any atom is -0.491 e. The van der Waals surface area contributed by atoms with Crippen molar-refractivity contribution in [3.8, 4) is 5.75 Å². The fourth-order valence-corrected chi connectivity index (χ4v) is 5.16. The van der Waals surface area contributed by atoms with E-state index in [1.165, 1.54) is 24.3 Å². The molecule has 0 bridgehead atoms. The first kappa shape index (κ1) is 27.9. The minimum absolute atomic E-state index is 0.120. The zero-order valence-corrected chi connectivity index (χ0v) is 22.4. The van der Waals surface area contributed by atoms with Gasteiger partial charge in [-0.05, 0) is 43.7 Å². The third-order valence-electron chi connectivity index (χ3n) is 6.24. The molecule has 1 saturated heterocycles. The van der Waals surface area contributed by atoms with Crippen LogP contribution in [0.4, 0.5) is 4.39 Å². The largest absolute Gasteiger partial charge is 0.491 e. The molecule has 1 aromatic heterocycles. The van der Waals surface area contributed by atoms with E-state index in [2.05, 4.69) is 15.2 Å². The molecular weight excluding hydrogens is 511 g/mol. The van der Waals surface area contributed by atoms with Crippen molar-refractivity contribution in [2.75, 3.05) is 52.5 Å². The third kappa shape index (κ3) is 7.70. The van der Waals surface area contributed by atoms with Gasteiger partial charge in [-0.1, -0.05) is 12.1 Å². The number of halogens is 1. The number of carbonyl (C=O) groups is 2. The van der Waals surface area contributed by atoms with Crippen LogP contribution in [-0.4, -0.2) is 90.4 Å². The summed E-state index contributed by atoms with van der Waals surface area (Å²) in [5.74, 6) is -0.652. The Bertz CT molecular complexity index is 1230. The number of hydrogen-bond donors (Lipinski definition) is 2. The molecule has 2 atom stereocenters. The van der Waals surface area contributed by atoms with Crippen LogP contribution in [0.3, 0.4) is 0 Å². The summed E-state index contributed by atoms with van der Waals surface area (Å²) in [6.07, 6.45) is -0.654. The molecule has 2 aromatic carbocycles. The Hall–Kier alpha value is -3.12. The fourth-order valence-electron chi connectivity index (χ4n) is 4.35. The Morgan fingerprint density at radius 1 is 1.13 bits per heavy atom. The van der Waals surface area contributed by atoms with Crippen molar-refractivity contribution in [3.05, 3.63) is 58.9 Å². The van der Waals surface area contributed by atoms with Gasteiger partial charge in [0.05, 0.1) is 28.4 Å². The molecule has 1 amide bonds. The van der Waals surface area contributed by atoms with Crippen molar-refractivity contribution in [2.45, 2.75) is 26.0 Å². The number of aliphatic hydroxyl groups is 1. The summed E-state index contributed by atoms with van der Waals surface area (Å²) in [6, 6.07) is 10.2. The van der Waals surface area contributed by atoms with Gasteiger partial charge in [0.15, 0.2) is 6.04 Å². The first-order chi connectivity index (χ1) is 18.3. The summed E-state index contributed by atoms with van der Waals surface area (Å²) in [5.41, 5.74) is 1.35. The molecule has 0 aliphatic carbocycles. The summed E-state index contributed by atoms with van der Waals surface area (Å²) >= 11 is 1.63. The van der Waals surface area contributed by atoms with Crippen molar-refractivity contribution in [1.29, 1.82) is 0 Å². The first-order valence-corrected chi connectivity index (χ1v) is 13.5. The Morgan fingerprint density at radius 2 is 1.84 bits per heavy atom. The molecule has 9 nitrogen and oxygen atoms in total. The number of aryl methyl sites for hydroxylation is 1. The maximum absolute atomic E-state index is 13.3. The molecule has 2 N–H and O–H groups in total. The number of thiazole rings is 1. The third-order valence-corrected chi connectivity index (χ3v) is 7.19. The van der Waals surface area contributed by atoms with Crippen molar-refractivity contribution >= 4 is 33.4 Å². The van der Waals surface area contributed by atoms with Gasteiger partial charge in [0.1, 0.15) is 24.3 Å². The number of rotatable bonds is 11. The molecule has 0 radical (unpaired) electrons. The Labute approximate surface area is 225 Å². The average molecular weight is 545 g/mol. The zero-order chi connectivity index (χ0) is 27.1. The SMILES string of the molecule is CCOC(=O)C(NC(=O)CN1CCN(CC(O)COc2ccc3sc(C)nc3c2)CC1)c1ccc(F)cc1.